The smallest absolute Gasteiger partial charge is 0.224 e. The molecule has 0 atom stereocenters. The van der Waals surface area contributed by atoms with Crippen LogP contribution in [0.1, 0.15) is 36.0 Å². The lowest BCUT2D eigenvalue weighted by atomic mass is 10.1. The molecular formula is C20H22N2O2. The van der Waals surface area contributed by atoms with Crippen molar-refractivity contribution in [1.29, 1.82) is 0 Å². The van der Waals surface area contributed by atoms with Gasteiger partial charge in [0, 0.05) is 42.9 Å². The zero-order valence-electron chi connectivity index (χ0n) is 13.7. The normalized spacial score (nSPS) is 13.8. The van der Waals surface area contributed by atoms with E-state index in [1.54, 1.807) is 12.1 Å². The highest BCUT2D eigenvalue weighted by Gasteiger charge is 2.12. The van der Waals surface area contributed by atoms with E-state index in [9.17, 15) is 9.59 Å². The molecule has 4 nitrogen and oxygen atoms in total. The van der Waals surface area contributed by atoms with Crippen molar-refractivity contribution in [3.63, 3.8) is 0 Å². The number of hydrogen-bond acceptors (Lipinski definition) is 3. The Balaban J connectivity index is 1.48. The van der Waals surface area contributed by atoms with Crippen LogP contribution in [-0.4, -0.2) is 24.8 Å². The van der Waals surface area contributed by atoms with Crippen LogP contribution in [0.2, 0.25) is 0 Å². The molecule has 1 N–H and O–H groups in total. The highest BCUT2D eigenvalue weighted by Crippen LogP contribution is 2.22. The maximum Gasteiger partial charge on any atom is 0.224 e. The van der Waals surface area contributed by atoms with Crippen molar-refractivity contribution in [3.8, 4) is 0 Å². The summed E-state index contributed by atoms with van der Waals surface area (Å²) in [5.41, 5.74) is 2.63. The van der Waals surface area contributed by atoms with Gasteiger partial charge in [0.05, 0.1) is 0 Å². The van der Waals surface area contributed by atoms with Crippen LogP contribution < -0.4 is 10.2 Å². The third-order valence-corrected chi connectivity index (χ3v) is 4.30. The first-order valence-corrected chi connectivity index (χ1v) is 8.45. The van der Waals surface area contributed by atoms with Gasteiger partial charge in [0.1, 0.15) is 0 Å². The van der Waals surface area contributed by atoms with E-state index >= 15 is 0 Å². The molecule has 1 aliphatic rings. The van der Waals surface area contributed by atoms with Crippen molar-refractivity contribution in [2.45, 2.75) is 25.7 Å². The number of ketones is 1. The summed E-state index contributed by atoms with van der Waals surface area (Å²) < 4.78 is 0. The Morgan fingerprint density at radius 2 is 1.54 bits per heavy atom. The number of carbonyl (C=O) groups excluding carboxylic acids is 2. The van der Waals surface area contributed by atoms with Gasteiger partial charge < -0.3 is 10.2 Å². The van der Waals surface area contributed by atoms with E-state index < -0.39 is 0 Å². The van der Waals surface area contributed by atoms with Crippen molar-refractivity contribution >= 4 is 23.1 Å². The van der Waals surface area contributed by atoms with Gasteiger partial charge in [0.2, 0.25) is 5.91 Å². The van der Waals surface area contributed by atoms with Crippen LogP contribution in [0.5, 0.6) is 0 Å². The molecule has 2 aromatic carbocycles. The molecule has 1 amide bonds. The van der Waals surface area contributed by atoms with E-state index in [1.807, 2.05) is 42.5 Å². The van der Waals surface area contributed by atoms with E-state index in [2.05, 4.69) is 10.2 Å². The predicted molar refractivity (Wildman–Crippen MR) is 96.5 cm³/mol. The molecule has 1 saturated heterocycles. The molecule has 0 spiro atoms. The quantitative estimate of drug-likeness (QED) is 0.821. The van der Waals surface area contributed by atoms with Crippen LogP contribution >= 0.6 is 0 Å². The fraction of sp³-hybridized carbons (Fsp3) is 0.300. The Kier molecular flexibility index (Phi) is 5.26. The number of carbonyl (C=O) groups is 2. The van der Waals surface area contributed by atoms with Gasteiger partial charge in [-0.05, 0) is 37.1 Å². The number of amides is 1. The monoisotopic (exact) mass is 322 g/mol. The third-order valence-electron chi connectivity index (χ3n) is 4.30. The molecule has 0 aromatic heterocycles. The van der Waals surface area contributed by atoms with E-state index in [0.29, 0.717) is 5.56 Å². The van der Waals surface area contributed by atoms with Crippen molar-refractivity contribution in [1.82, 2.24) is 0 Å². The number of anilines is 2. The molecule has 0 saturated carbocycles. The molecule has 0 aliphatic carbocycles. The van der Waals surface area contributed by atoms with Crippen LogP contribution in [0.25, 0.3) is 0 Å². The Morgan fingerprint density at radius 3 is 2.21 bits per heavy atom. The Hall–Kier alpha value is -2.62. The molecule has 3 rings (SSSR count). The number of nitrogens with one attached hydrogen (secondary N) is 1. The lowest BCUT2D eigenvalue weighted by Crippen LogP contribution is -2.17. The lowest BCUT2D eigenvalue weighted by Gasteiger charge is -2.17. The van der Waals surface area contributed by atoms with Crippen molar-refractivity contribution in [2.75, 3.05) is 23.3 Å². The molecule has 0 unspecified atom stereocenters. The summed E-state index contributed by atoms with van der Waals surface area (Å²) in [6, 6.07) is 17.0. The average Bonchev–Trinajstić information content (AvgIpc) is 3.16. The van der Waals surface area contributed by atoms with E-state index in [0.717, 1.165) is 18.8 Å². The summed E-state index contributed by atoms with van der Waals surface area (Å²) in [4.78, 5) is 26.4. The van der Waals surface area contributed by atoms with Gasteiger partial charge in [0.15, 0.2) is 5.78 Å². The van der Waals surface area contributed by atoms with Gasteiger partial charge in [-0.3, -0.25) is 9.59 Å². The molecule has 0 bridgehead atoms. The zero-order valence-corrected chi connectivity index (χ0v) is 13.7. The SMILES string of the molecule is O=C(CCC(=O)c1ccccc1)Nc1ccc(N2CCCC2)cc1. The molecule has 1 heterocycles. The number of hydrogen-bond donors (Lipinski definition) is 1. The topological polar surface area (TPSA) is 49.4 Å². The molecule has 1 fully saturated rings. The second kappa shape index (κ2) is 7.77. The van der Waals surface area contributed by atoms with Crippen molar-refractivity contribution < 1.29 is 9.59 Å². The van der Waals surface area contributed by atoms with Gasteiger partial charge in [-0.1, -0.05) is 30.3 Å². The zero-order chi connectivity index (χ0) is 16.8. The van der Waals surface area contributed by atoms with E-state index in [-0.39, 0.29) is 24.5 Å². The van der Waals surface area contributed by atoms with Gasteiger partial charge in [-0.15, -0.1) is 0 Å². The van der Waals surface area contributed by atoms with E-state index in [4.69, 9.17) is 0 Å². The van der Waals surface area contributed by atoms with Gasteiger partial charge in [-0.25, -0.2) is 0 Å². The Bertz CT molecular complexity index is 689. The fourth-order valence-corrected chi connectivity index (χ4v) is 2.95. The average molecular weight is 322 g/mol. The van der Waals surface area contributed by atoms with Crippen molar-refractivity contribution in [3.05, 3.63) is 60.2 Å². The minimum atomic E-state index is -0.131. The molecule has 24 heavy (non-hydrogen) atoms. The number of Topliss-reactive ketones (excluding diaryl/α,β-unsaturated/α-hetero) is 1. The highest BCUT2D eigenvalue weighted by atomic mass is 16.2. The maximum absolute atomic E-state index is 12.0. The van der Waals surface area contributed by atoms with Crippen molar-refractivity contribution in [2.24, 2.45) is 0 Å². The first-order chi connectivity index (χ1) is 11.7. The second-order valence-electron chi connectivity index (χ2n) is 6.08. The number of rotatable bonds is 6. The first-order valence-electron chi connectivity index (χ1n) is 8.45. The molecule has 4 heteroatoms. The number of benzene rings is 2. The van der Waals surface area contributed by atoms with Crippen LogP contribution in [0.15, 0.2) is 54.6 Å². The lowest BCUT2D eigenvalue weighted by molar-refractivity contribution is -0.116. The summed E-state index contributed by atoms with van der Waals surface area (Å²) >= 11 is 0. The summed E-state index contributed by atoms with van der Waals surface area (Å²) in [5, 5.41) is 2.86. The molecule has 1 aliphatic heterocycles. The standard InChI is InChI=1S/C20H22N2O2/c23-19(16-6-2-1-3-7-16)12-13-20(24)21-17-8-10-18(11-9-17)22-14-4-5-15-22/h1-3,6-11H,4-5,12-15H2,(H,21,24). The predicted octanol–water partition coefficient (Wildman–Crippen LogP) is 3.89. The molecule has 0 radical (unpaired) electrons. The van der Waals surface area contributed by atoms with Gasteiger partial charge >= 0.3 is 0 Å². The van der Waals surface area contributed by atoms with Gasteiger partial charge in [-0.2, -0.15) is 0 Å². The van der Waals surface area contributed by atoms with E-state index in [1.165, 1.54) is 18.5 Å². The minimum absolute atomic E-state index is 0.00451. The highest BCUT2D eigenvalue weighted by molar-refractivity contribution is 6.00. The summed E-state index contributed by atoms with van der Waals surface area (Å²) in [5.74, 6) is -0.136. The summed E-state index contributed by atoms with van der Waals surface area (Å²) in [6.07, 6.45) is 2.91. The molecule has 2 aromatic rings. The Morgan fingerprint density at radius 1 is 0.875 bits per heavy atom. The minimum Gasteiger partial charge on any atom is -0.372 e. The van der Waals surface area contributed by atoms with Crippen LogP contribution in [0.4, 0.5) is 11.4 Å². The van der Waals surface area contributed by atoms with Crippen LogP contribution in [0, 0.1) is 0 Å². The first kappa shape index (κ1) is 16.2. The third kappa shape index (κ3) is 4.22. The summed E-state index contributed by atoms with van der Waals surface area (Å²) in [7, 11) is 0. The molecular weight excluding hydrogens is 300 g/mol. The number of nitrogens with zero attached hydrogens (tertiary/aromatic N) is 1. The fourth-order valence-electron chi connectivity index (χ4n) is 2.95. The van der Waals surface area contributed by atoms with Gasteiger partial charge in [0.25, 0.3) is 0 Å². The molecule has 124 valence electrons. The van der Waals surface area contributed by atoms with Crippen LogP contribution in [0.3, 0.4) is 0 Å². The second-order valence-corrected chi connectivity index (χ2v) is 6.08. The summed E-state index contributed by atoms with van der Waals surface area (Å²) in [6.45, 7) is 2.21. The van der Waals surface area contributed by atoms with Crippen LogP contribution in [-0.2, 0) is 4.79 Å². The maximum atomic E-state index is 12.0. The Labute approximate surface area is 142 Å². The largest absolute Gasteiger partial charge is 0.372 e.